The molecule has 7 nitrogen and oxygen atoms in total. The molecule has 3 unspecified atom stereocenters. The summed E-state index contributed by atoms with van der Waals surface area (Å²) >= 11 is 0. The topological polar surface area (TPSA) is 102 Å². The monoisotopic (exact) mass is 320 g/mol. The van der Waals surface area contributed by atoms with Crippen molar-refractivity contribution < 1.29 is 13.9 Å². The fourth-order valence-electron chi connectivity index (χ4n) is 3.74. The summed E-state index contributed by atoms with van der Waals surface area (Å²) in [6, 6.07) is 3.64. The van der Waals surface area contributed by atoms with E-state index >= 15 is 0 Å². The first-order valence-electron chi connectivity index (χ1n) is 7.90. The third-order valence-corrected chi connectivity index (χ3v) is 4.95. The van der Waals surface area contributed by atoms with E-state index in [1.165, 1.54) is 0 Å². The summed E-state index contributed by atoms with van der Waals surface area (Å²) in [5, 5.41) is 6.70. The van der Waals surface area contributed by atoms with Gasteiger partial charge in [-0.3, -0.25) is 9.79 Å². The van der Waals surface area contributed by atoms with Crippen LogP contribution in [-0.2, 0) is 11.3 Å². The molecular weight excluding hydrogens is 296 g/mol. The molecule has 1 amide bonds. The molecule has 1 aromatic heterocycles. The van der Waals surface area contributed by atoms with E-state index in [0.29, 0.717) is 36.3 Å². The summed E-state index contributed by atoms with van der Waals surface area (Å²) in [7, 11) is 1.74. The van der Waals surface area contributed by atoms with E-state index in [4.69, 9.17) is 14.9 Å². The fraction of sp³-hybridized carbons (Fsp3) is 0.625. The van der Waals surface area contributed by atoms with Crippen molar-refractivity contribution in [1.29, 1.82) is 0 Å². The number of primary amides is 1. The van der Waals surface area contributed by atoms with E-state index in [2.05, 4.69) is 29.5 Å². The molecule has 126 valence electrons. The predicted octanol–water partition coefficient (Wildman–Crippen LogP) is 0.857. The molecule has 2 aliphatic rings. The van der Waals surface area contributed by atoms with E-state index in [9.17, 15) is 4.79 Å². The van der Waals surface area contributed by atoms with Crippen LogP contribution in [0.1, 0.15) is 36.6 Å². The lowest BCUT2D eigenvalue weighted by Crippen LogP contribution is -2.67. The van der Waals surface area contributed by atoms with Crippen molar-refractivity contribution in [3.05, 3.63) is 23.7 Å². The highest BCUT2D eigenvalue weighted by Crippen LogP contribution is 2.52. The molecule has 7 heteroatoms. The maximum absolute atomic E-state index is 11.0. The average Bonchev–Trinajstić information content (AvgIpc) is 3.15. The van der Waals surface area contributed by atoms with Gasteiger partial charge >= 0.3 is 0 Å². The highest BCUT2D eigenvalue weighted by molar-refractivity contribution is 5.89. The minimum atomic E-state index is -0.567. The molecule has 2 heterocycles. The third kappa shape index (κ3) is 2.81. The number of ether oxygens (including phenoxy) is 1. The Morgan fingerprint density at radius 1 is 1.48 bits per heavy atom. The number of fused-ring (bicyclic) bond motifs is 1. The minimum absolute atomic E-state index is 0.0859. The molecular formula is C16H24N4O3. The Balaban J connectivity index is 1.57. The average molecular weight is 320 g/mol. The highest BCUT2D eigenvalue weighted by atomic mass is 16.5. The zero-order chi connectivity index (χ0) is 16.6. The summed E-state index contributed by atoms with van der Waals surface area (Å²) in [6.45, 7) is 5.71. The van der Waals surface area contributed by atoms with Crippen LogP contribution in [-0.4, -0.2) is 37.7 Å². The van der Waals surface area contributed by atoms with E-state index in [1.807, 2.05) is 0 Å². The van der Waals surface area contributed by atoms with Gasteiger partial charge in [0.15, 0.2) is 11.7 Å². The van der Waals surface area contributed by atoms with Gasteiger partial charge in [0.1, 0.15) is 5.76 Å². The zero-order valence-corrected chi connectivity index (χ0v) is 13.8. The maximum atomic E-state index is 11.0. The van der Waals surface area contributed by atoms with Crippen LogP contribution in [0.15, 0.2) is 21.5 Å². The first kappa shape index (κ1) is 15.9. The Kier molecular flexibility index (Phi) is 4.06. The van der Waals surface area contributed by atoms with E-state index in [-0.39, 0.29) is 11.2 Å². The number of nitrogens with two attached hydrogens (primary N) is 1. The van der Waals surface area contributed by atoms with Crippen LogP contribution < -0.4 is 16.4 Å². The summed E-state index contributed by atoms with van der Waals surface area (Å²) < 4.78 is 11.2. The number of hydrogen-bond donors (Lipinski definition) is 3. The van der Waals surface area contributed by atoms with Gasteiger partial charge in [0.05, 0.1) is 12.6 Å². The van der Waals surface area contributed by atoms with Crippen molar-refractivity contribution >= 4 is 11.9 Å². The van der Waals surface area contributed by atoms with Crippen molar-refractivity contribution in [1.82, 2.24) is 10.6 Å². The maximum Gasteiger partial charge on any atom is 0.284 e. The van der Waals surface area contributed by atoms with E-state index < -0.39 is 5.91 Å². The van der Waals surface area contributed by atoms with Crippen molar-refractivity contribution in [3.8, 4) is 0 Å². The molecule has 0 aromatic carbocycles. The molecule has 0 spiro atoms. The molecule has 2 fully saturated rings. The summed E-state index contributed by atoms with van der Waals surface area (Å²) in [5.41, 5.74) is 5.26. The number of guanidine groups is 1. The van der Waals surface area contributed by atoms with Gasteiger partial charge < -0.3 is 25.5 Å². The van der Waals surface area contributed by atoms with Crippen molar-refractivity contribution in [2.45, 2.75) is 39.0 Å². The number of nitrogens with zero attached hydrogens (tertiary/aromatic N) is 1. The van der Waals surface area contributed by atoms with Gasteiger partial charge in [0.2, 0.25) is 0 Å². The molecule has 0 bridgehead atoms. The molecule has 1 aliphatic heterocycles. The molecule has 0 radical (unpaired) electrons. The Morgan fingerprint density at radius 2 is 2.26 bits per heavy atom. The normalized spacial score (nSPS) is 28.8. The molecule has 23 heavy (non-hydrogen) atoms. The number of carbonyl (C=O) groups is 1. The van der Waals surface area contributed by atoms with Crippen molar-refractivity contribution in [2.75, 3.05) is 13.7 Å². The van der Waals surface area contributed by atoms with Gasteiger partial charge in [-0.05, 0) is 18.6 Å². The SMILES string of the molecule is CN=C(NCc1ccc(C(N)=O)o1)NC1C2CCOC2C1(C)C. The lowest BCUT2D eigenvalue weighted by molar-refractivity contribution is -0.106. The van der Waals surface area contributed by atoms with Crippen molar-refractivity contribution in [3.63, 3.8) is 0 Å². The van der Waals surface area contributed by atoms with E-state index in [1.54, 1.807) is 19.2 Å². The number of aliphatic imine (C=N–C) groups is 1. The molecule has 1 aliphatic carbocycles. The molecule has 1 saturated carbocycles. The first-order valence-corrected chi connectivity index (χ1v) is 7.90. The van der Waals surface area contributed by atoms with Gasteiger partial charge in [-0.1, -0.05) is 13.8 Å². The summed E-state index contributed by atoms with van der Waals surface area (Å²) in [5.74, 6) is 1.48. The fourth-order valence-corrected chi connectivity index (χ4v) is 3.74. The van der Waals surface area contributed by atoms with Crippen LogP contribution in [0.3, 0.4) is 0 Å². The standard InChI is InChI=1S/C16H24N4O3/c1-16(2)12(10-6-7-22-13(10)16)20-15(18-3)19-8-9-4-5-11(23-9)14(17)21/h4-5,10,12-13H,6-8H2,1-3H3,(H2,17,21)(H2,18,19,20). The Morgan fingerprint density at radius 3 is 2.91 bits per heavy atom. The summed E-state index contributed by atoms with van der Waals surface area (Å²) in [4.78, 5) is 15.3. The Bertz CT molecular complexity index is 623. The molecule has 4 N–H and O–H groups in total. The van der Waals surface area contributed by atoms with Crippen LogP contribution in [0.5, 0.6) is 0 Å². The molecule has 1 saturated heterocycles. The number of hydrogen-bond acceptors (Lipinski definition) is 4. The number of carbonyl (C=O) groups excluding carboxylic acids is 1. The lowest BCUT2D eigenvalue weighted by Gasteiger charge is -2.54. The first-order chi connectivity index (χ1) is 10.9. The van der Waals surface area contributed by atoms with Gasteiger partial charge in [0.25, 0.3) is 5.91 Å². The van der Waals surface area contributed by atoms with Crippen LogP contribution in [0.25, 0.3) is 0 Å². The molecule has 1 aromatic rings. The highest BCUT2D eigenvalue weighted by Gasteiger charge is 2.59. The quantitative estimate of drug-likeness (QED) is 0.564. The van der Waals surface area contributed by atoms with Gasteiger partial charge in [-0.25, -0.2) is 0 Å². The van der Waals surface area contributed by atoms with Crippen LogP contribution in [0.4, 0.5) is 0 Å². The number of rotatable bonds is 4. The molecule has 3 atom stereocenters. The van der Waals surface area contributed by atoms with Crippen LogP contribution in [0.2, 0.25) is 0 Å². The number of furan rings is 1. The van der Waals surface area contributed by atoms with Crippen molar-refractivity contribution in [2.24, 2.45) is 22.1 Å². The van der Waals surface area contributed by atoms with Crippen LogP contribution in [0, 0.1) is 11.3 Å². The number of amides is 1. The second-order valence-corrected chi connectivity index (χ2v) is 6.74. The minimum Gasteiger partial charge on any atom is -0.454 e. The largest absolute Gasteiger partial charge is 0.454 e. The Hall–Kier alpha value is -2.02. The Labute approximate surface area is 135 Å². The predicted molar refractivity (Wildman–Crippen MR) is 86.0 cm³/mol. The smallest absolute Gasteiger partial charge is 0.284 e. The lowest BCUT2D eigenvalue weighted by atomic mass is 9.57. The molecule has 3 rings (SSSR count). The second-order valence-electron chi connectivity index (χ2n) is 6.74. The number of nitrogens with one attached hydrogen (secondary N) is 2. The summed E-state index contributed by atoms with van der Waals surface area (Å²) in [6.07, 6.45) is 1.42. The third-order valence-electron chi connectivity index (χ3n) is 4.95. The van der Waals surface area contributed by atoms with E-state index in [0.717, 1.165) is 13.0 Å². The van der Waals surface area contributed by atoms with Gasteiger partial charge in [-0.15, -0.1) is 0 Å². The van der Waals surface area contributed by atoms with Crippen LogP contribution >= 0.6 is 0 Å². The zero-order valence-electron chi connectivity index (χ0n) is 13.8. The van der Waals surface area contributed by atoms with Gasteiger partial charge in [-0.2, -0.15) is 0 Å². The van der Waals surface area contributed by atoms with Gasteiger partial charge in [0, 0.05) is 31.0 Å². The second kappa shape index (κ2) is 5.88.